The van der Waals surface area contributed by atoms with Crippen LogP contribution in [0.4, 0.5) is 0 Å². The van der Waals surface area contributed by atoms with Crippen LogP contribution in [0.3, 0.4) is 0 Å². The Morgan fingerprint density at radius 2 is 1.22 bits per heavy atom. The molecule has 0 N–H and O–H groups in total. The summed E-state index contributed by atoms with van der Waals surface area (Å²) >= 11 is 0. The van der Waals surface area contributed by atoms with Crippen LogP contribution in [0.5, 0.6) is 0 Å². The smallest absolute Gasteiger partial charge is 0.338 e. The van der Waals surface area contributed by atoms with E-state index in [2.05, 4.69) is 6.58 Å². The SMILES string of the molecule is C=C1[C@@H](OC(C)=O)[C@H]2[C@@H](OC(C)=O)[C@](C)(OC(C)=O)C[C@]2(OC(C)=O)C(=O)[C@H](C)/C=C/C(C)(C)C(=O)[C@H](OC(=O)c2ccccc2)[C@H]1OC(C)=O. The summed E-state index contributed by atoms with van der Waals surface area (Å²) in [6.45, 7) is 15.0. The highest BCUT2D eigenvalue weighted by atomic mass is 16.6. The van der Waals surface area contributed by atoms with E-state index in [1.807, 2.05) is 0 Å². The topological polar surface area (TPSA) is 192 Å². The summed E-state index contributed by atoms with van der Waals surface area (Å²) in [5, 5.41) is 0. The van der Waals surface area contributed by atoms with E-state index in [9.17, 15) is 38.4 Å². The van der Waals surface area contributed by atoms with Crippen LogP contribution in [0.15, 0.2) is 54.6 Å². The van der Waals surface area contributed by atoms with E-state index in [1.165, 1.54) is 52.0 Å². The Labute approximate surface area is 295 Å². The van der Waals surface area contributed by atoms with Crippen molar-refractivity contribution in [3.8, 4) is 0 Å². The molecule has 0 aliphatic heterocycles. The molecular weight excluding hydrogens is 668 g/mol. The van der Waals surface area contributed by atoms with Gasteiger partial charge in [-0.1, -0.05) is 43.9 Å². The van der Waals surface area contributed by atoms with Gasteiger partial charge in [-0.3, -0.25) is 33.6 Å². The molecule has 14 heteroatoms. The molecule has 0 spiro atoms. The molecule has 0 heterocycles. The molecule has 1 aromatic carbocycles. The molecule has 1 fully saturated rings. The van der Waals surface area contributed by atoms with Crippen LogP contribution in [0.25, 0.3) is 0 Å². The first-order valence-electron chi connectivity index (χ1n) is 16.2. The first-order valence-corrected chi connectivity index (χ1v) is 16.2. The molecule has 51 heavy (non-hydrogen) atoms. The second kappa shape index (κ2) is 15.4. The third kappa shape index (κ3) is 8.78. The molecule has 8 atom stereocenters. The molecule has 0 radical (unpaired) electrons. The largest absolute Gasteiger partial charge is 0.458 e. The summed E-state index contributed by atoms with van der Waals surface area (Å²) in [7, 11) is 0. The lowest BCUT2D eigenvalue weighted by atomic mass is 9.72. The van der Waals surface area contributed by atoms with Crippen molar-refractivity contribution in [2.75, 3.05) is 0 Å². The number of allylic oxidation sites excluding steroid dienone is 2. The lowest BCUT2D eigenvalue weighted by Crippen LogP contribution is -2.58. The fourth-order valence-corrected chi connectivity index (χ4v) is 6.78. The predicted molar refractivity (Wildman–Crippen MR) is 176 cm³/mol. The maximum Gasteiger partial charge on any atom is 0.338 e. The number of hydrogen-bond donors (Lipinski definition) is 0. The Hall–Kier alpha value is -5.14. The molecule has 1 saturated carbocycles. The fourth-order valence-electron chi connectivity index (χ4n) is 6.78. The first kappa shape index (κ1) is 40.3. The van der Waals surface area contributed by atoms with Crippen molar-refractivity contribution >= 4 is 47.4 Å². The number of rotatable bonds is 7. The van der Waals surface area contributed by atoms with Crippen molar-refractivity contribution in [3.05, 3.63) is 60.2 Å². The van der Waals surface area contributed by atoms with E-state index in [-0.39, 0.29) is 5.56 Å². The Morgan fingerprint density at radius 3 is 1.73 bits per heavy atom. The van der Waals surface area contributed by atoms with Crippen LogP contribution in [0, 0.1) is 17.3 Å². The van der Waals surface area contributed by atoms with Gasteiger partial charge in [0.25, 0.3) is 0 Å². The standard InChI is InChI=1S/C37H44O14/c1-19-16-17-35(8,9)32(44)30(49-34(45)26-14-12-11-13-15-26)29(47-22(4)39)20(2)28(46-21(3)38)27-33(48-23(5)40)36(10,50-24(6)41)18-37(27,31(19)43)51-25(7)42/h11-17,19,27-30,33H,2,18H2,1,3-10H3/b17-16+/t19-,27+,28-,29+,30-,33-,36-,37-/m1/s1. The second-order valence-electron chi connectivity index (χ2n) is 13.5. The molecule has 2 aliphatic rings. The van der Waals surface area contributed by atoms with Gasteiger partial charge in [0.2, 0.25) is 6.10 Å². The van der Waals surface area contributed by atoms with Gasteiger partial charge >= 0.3 is 35.8 Å². The van der Waals surface area contributed by atoms with E-state index in [1.54, 1.807) is 18.2 Å². The van der Waals surface area contributed by atoms with Gasteiger partial charge in [0.15, 0.2) is 35.0 Å². The molecule has 1 aromatic rings. The normalized spacial score (nSPS) is 31.0. The minimum atomic E-state index is -2.37. The van der Waals surface area contributed by atoms with Gasteiger partial charge in [-0.15, -0.1) is 0 Å². The zero-order valence-electron chi connectivity index (χ0n) is 30.1. The van der Waals surface area contributed by atoms with Crippen LogP contribution in [-0.2, 0) is 62.0 Å². The number of ether oxygens (including phenoxy) is 6. The number of hydrogen-bond acceptors (Lipinski definition) is 14. The number of Topliss-reactive ketones (excluding diaryl/α,β-unsaturated/α-hetero) is 2. The lowest BCUT2D eigenvalue weighted by molar-refractivity contribution is -0.190. The van der Waals surface area contributed by atoms with Crippen LogP contribution >= 0.6 is 0 Å². The van der Waals surface area contributed by atoms with Crippen molar-refractivity contribution < 1.29 is 66.8 Å². The van der Waals surface area contributed by atoms with Crippen molar-refractivity contribution in [2.45, 2.75) is 104 Å². The first-order chi connectivity index (χ1) is 23.6. The average molecular weight is 713 g/mol. The molecule has 2 aliphatic carbocycles. The van der Waals surface area contributed by atoms with E-state index >= 15 is 0 Å². The zero-order valence-corrected chi connectivity index (χ0v) is 30.1. The van der Waals surface area contributed by atoms with Gasteiger partial charge in [0.05, 0.1) is 11.5 Å². The van der Waals surface area contributed by atoms with E-state index in [0.717, 1.165) is 34.6 Å². The second-order valence-corrected chi connectivity index (χ2v) is 13.5. The highest BCUT2D eigenvalue weighted by molar-refractivity contribution is 5.97. The zero-order chi connectivity index (χ0) is 38.6. The van der Waals surface area contributed by atoms with Crippen LogP contribution in [-0.4, -0.2) is 83.0 Å². The summed E-state index contributed by atoms with van der Waals surface area (Å²) in [6.07, 6.45) is -5.23. The Morgan fingerprint density at radius 1 is 0.686 bits per heavy atom. The quantitative estimate of drug-likeness (QED) is 0.226. The van der Waals surface area contributed by atoms with E-state index in [0.29, 0.717) is 0 Å². The number of carbonyl (C=O) groups excluding carboxylic acids is 8. The third-order valence-electron chi connectivity index (χ3n) is 8.76. The summed E-state index contributed by atoms with van der Waals surface area (Å²) in [5.41, 5.74) is -6.15. The van der Waals surface area contributed by atoms with Crippen molar-refractivity contribution in [1.82, 2.24) is 0 Å². The summed E-state index contributed by atoms with van der Waals surface area (Å²) in [6, 6.07) is 7.65. The van der Waals surface area contributed by atoms with Gasteiger partial charge < -0.3 is 28.4 Å². The third-order valence-corrected chi connectivity index (χ3v) is 8.76. The van der Waals surface area contributed by atoms with Crippen molar-refractivity contribution in [3.63, 3.8) is 0 Å². The molecular formula is C37H44O14. The lowest BCUT2D eigenvalue weighted by Gasteiger charge is -2.42. The van der Waals surface area contributed by atoms with Crippen LogP contribution < -0.4 is 0 Å². The highest BCUT2D eigenvalue weighted by Crippen LogP contribution is 2.54. The van der Waals surface area contributed by atoms with Crippen LogP contribution in [0.1, 0.15) is 79.1 Å². The molecule has 0 aromatic heterocycles. The molecule has 276 valence electrons. The van der Waals surface area contributed by atoms with Crippen molar-refractivity contribution in [2.24, 2.45) is 17.3 Å². The minimum absolute atomic E-state index is 0.0458. The number of carbonyl (C=O) groups is 8. The highest BCUT2D eigenvalue weighted by Gasteiger charge is 2.72. The van der Waals surface area contributed by atoms with E-state index in [4.69, 9.17) is 28.4 Å². The summed E-state index contributed by atoms with van der Waals surface area (Å²) in [4.78, 5) is 106. The molecule has 0 unspecified atom stereocenters. The van der Waals surface area contributed by atoms with Gasteiger partial charge in [0.1, 0.15) is 6.10 Å². The minimum Gasteiger partial charge on any atom is -0.458 e. The van der Waals surface area contributed by atoms with E-state index < -0.39 is 112 Å². The Bertz CT molecular complexity index is 1640. The molecule has 3 rings (SSSR count). The van der Waals surface area contributed by atoms with Gasteiger partial charge in [-0.2, -0.15) is 0 Å². The van der Waals surface area contributed by atoms with Gasteiger partial charge in [0, 0.05) is 57.9 Å². The number of esters is 6. The maximum atomic E-state index is 14.7. The predicted octanol–water partition coefficient (Wildman–Crippen LogP) is 3.58. The summed E-state index contributed by atoms with van der Waals surface area (Å²) < 4.78 is 34.5. The van der Waals surface area contributed by atoms with Gasteiger partial charge in [-0.05, 0) is 32.9 Å². The van der Waals surface area contributed by atoms with Crippen LogP contribution in [0.2, 0.25) is 0 Å². The Kier molecular flexibility index (Phi) is 12.2. The average Bonchev–Trinajstić information content (AvgIpc) is 3.24. The fraction of sp³-hybridized carbons (Fsp3) is 0.514. The number of benzene rings is 1. The monoisotopic (exact) mass is 712 g/mol. The molecule has 0 saturated heterocycles. The summed E-state index contributed by atoms with van der Waals surface area (Å²) in [5.74, 6) is -10.2. The molecule has 14 nitrogen and oxygen atoms in total. The van der Waals surface area contributed by atoms with Gasteiger partial charge in [-0.25, -0.2) is 4.79 Å². The number of ketones is 2. The molecule has 0 bridgehead atoms. The Balaban J connectivity index is 2.51. The molecule has 0 amide bonds. The number of fused-ring (bicyclic) bond motifs is 1. The van der Waals surface area contributed by atoms with Crippen molar-refractivity contribution in [1.29, 1.82) is 0 Å². The maximum absolute atomic E-state index is 14.7.